The molecule has 0 radical (unpaired) electrons. The highest BCUT2D eigenvalue weighted by Gasteiger charge is 2.59. The van der Waals surface area contributed by atoms with Gasteiger partial charge in [-0.25, -0.2) is 92.2 Å². The fourth-order valence-electron chi connectivity index (χ4n) is 7.43. The maximum Gasteiger partial charge on any atom is 0.636 e. The van der Waals surface area contributed by atoms with Gasteiger partial charge in [0.2, 0.25) is 17.5 Å². The lowest BCUT2D eigenvalue weighted by Gasteiger charge is -2.26. The number of benzene rings is 6. The van der Waals surface area contributed by atoms with E-state index in [0.717, 1.165) is 0 Å². The Morgan fingerprint density at radius 2 is 0.441 bits per heavy atom. The third kappa shape index (κ3) is 5.82. The molecular formula is C38BF27O2. The number of alkyl halides is 4. The highest BCUT2D eigenvalue weighted by molar-refractivity contribution is 6.64. The second-order valence-corrected chi connectivity index (χ2v) is 13.8. The zero-order valence-electron chi connectivity index (χ0n) is 30.6. The number of hydrogen-bond acceptors (Lipinski definition) is 2. The molecule has 0 aromatic heterocycles. The van der Waals surface area contributed by atoms with Gasteiger partial charge >= 0.3 is 19.0 Å². The van der Waals surface area contributed by atoms with Gasteiger partial charge in [0.25, 0.3) is 0 Å². The van der Waals surface area contributed by atoms with Crippen molar-refractivity contribution in [1.82, 2.24) is 0 Å². The number of hydrogen-bond donors (Lipinski definition) is 0. The smallest absolute Gasteiger partial charge is 0.519 e. The number of rotatable bonds is 6. The van der Waals surface area contributed by atoms with Gasteiger partial charge in [-0.1, -0.05) is 0 Å². The van der Waals surface area contributed by atoms with E-state index in [2.05, 4.69) is 9.31 Å². The van der Waals surface area contributed by atoms with E-state index >= 15 is 74.6 Å². The van der Waals surface area contributed by atoms with Gasteiger partial charge in [-0.2, -0.15) is 26.3 Å². The third-order valence-electron chi connectivity index (χ3n) is 10.3. The van der Waals surface area contributed by atoms with E-state index in [9.17, 15) is 43.9 Å². The Labute approximate surface area is 353 Å². The molecule has 0 N–H and O–H groups in total. The SMILES string of the molecule is Fc1c(F)c(F)c(-c2c(F)c(F)c(F)c(F)c2B(Oc2c(F)c(F)c(F)c3c2C(F)(F)c2c(F)c(F)c(F)c(F)c2-3)Oc2c(F)c(F)c(F)c3c2C(F)(F)c2c(F)c(F)c(F)c(F)c2-3)c(F)c1F. The molecule has 0 aliphatic heterocycles. The zero-order chi connectivity index (χ0) is 50.8. The quantitative estimate of drug-likeness (QED) is 0.0716. The van der Waals surface area contributed by atoms with Crippen LogP contribution in [0.5, 0.6) is 11.5 Å². The van der Waals surface area contributed by atoms with Gasteiger partial charge in [0.15, 0.2) is 128 Å². The van der Waals surface area contributed by atoms with Crippen LogP contribution in [0.2, 0.25) is 0 Å². The summed E-state index contributed by atoms with van der Waals surface area (Å²) in [6.07, 6.45) is 0. The fourth-order valence-corrected chi connectivity index (χ4v) is 7.43. The van der Waals surface area contributed by atoms with Crippen LogP contribution in [0.1, 0.15) is 22.3 Å². The summed E-state index contributed by atoms with van der Waals surface area (Å²) < 4.78 is 420. The molecule has 6 aromatic carbocycles. The molecule has 0 amide bonds. The van der Waals surface area contributed by atoms with E-state index in [1.165, 1.54) is 0 Å². The molecule has 6 aromatic rings. The fraction of sp³-hybridized carbons (Fsp3) is 0.0526. The molecule has 2 aliphatic carbocycles. The predicted molar refractivity (Wildman–Crippen MR) is 167 cm³/mol. The first-order chi connectivity index (χ1) is 31.4. The minimum Gasteiger partial charge on any atom is -0.519 e. The predicted octanol–water partition coefficient (Wildman–Crippen LogP) is 12.6. The molecule has 0 fully saturated rings. The number of halogens is 27. The second kappa shape index (κ2) is 15.0. The normalized spacial score (nSPS) is 14.0. The molecule has 0 atom stereocenters. The van der Waals surface area contributed by atoms with Crippen LogP contribution < -0.4 is 14.8 Å². The van der Waals surface area contributed by atoms with Crippen molar-refractivity contribution in [3.05, 3.63) is 156 Å². The highest BCUT2D eigenvalue weighted by Crippen LogP contribution is 2.61. The van der Waals surface area contributed by atoms with Crippen molar-refractivity contribution in [2.75, 3.05) is 0 Å². The summed E-state index contributed by atoms with van der Waals surface area (Å²) in [4.78, 5) is 0. The maximum atomic E-state index is 16.2. The van der Waals surface area contributed by atoms with Crippen molar-refractivity contribution in [2.45, 2.75) is 11.8 Å². The Hall–Kier alpha value is -6.91. The van der Waals surface area contributed by atoms with Crippen LogP contribution in [0.25, 0.3) is 33.4 Å². The van der Waals surface area contributed by atoms with Crippen LogP contribution in [0, 0.1) is 134 Å². The van der Waals surface area contributed by atoms with E-state index in [1.54, 1.807) is 0 Å². The van der Waals surface area contributed by atoms with Gasteiger partial charge in [-0.3, -0.25) is 0 Å². The Morgan fingerprint density at radius 3 is 0.765 bits per heavy atom. The average Bonchev–Trinajstić information content (AvgIpc) is 3.69. The van der Waals surface area contributed by atoms with Crippen LogP contribution in [0.15, 0.2) is 0 Å². The Balaban J connectivity index is 1.55. The third-order valence-corrected chi connectivity index (χ3v) is 10.3. The minimum atomic E-state index is -6.02. The van der Waals surface area contributed by atoms with Crippen LogP contribution in [0.3, 0.4) is 0 Å². The summed E-state index contributed by atoms with van der Waals surface area (Å²) in [7, 11) is -4.89. The lowest BCUT2D eigenvalue weighted by atomic mass is 9.72. The van der Waals surface area contributed by atoms with Gasteiger partial charge < -0.3 is 9.31 Å². The first-order valence-electron chi connectivity index (χ1n) is 17.0. The van der Waals surface area contributed by atoms with E-state index in [1.807, 2.05) is 0 Å². The second-order valence-electron chi connectivity index (χ2n) is 13.8. The van der Waals surface area contributed by atoms with E-state index in [4.69, 9.17) is 0 Å². The Morgan fingerprint density at radius 1 is 0.221 bits per heavy atom. The van der Waals surface area contributed by atoms with Gasteiger partial charge in [0.05, 0.1) is 33.3 Å². The first kappa shape index (κ1) is 47.6. The lowest BCUT2D eigenvalue weighted by molar-refractivity contribution is 0.0402. The van der Waals surface area contributed by atoms with Crippen LogP contribution >= 0.6 is 0 Å². The van der Waals surface area contributed by atoms with Crippen LogP contribution in [-0.4, -0.2) is 7.12 Å². The molecule has 0 saturated carbocycles. The van der Waals surface area contributed by atoms with Crippen molar-refractivity contribution in [3.63, 3.8) is 0 Å². The molecule has 30 heteroatoms. The first-order valence-corrected chi connectivity index (χ1v) is 17.0. The molecule has 356 valence electrons. The van der Waals surface area contributed by atoms with Crippen LogP contribution in [0.4, 0.5) is 119 Å². The molecule has 0 bridgehead atoms. The summed E-state index contributed by atoms with van der Waals surface area (Å²) in [5.41, 5.74) is -32.6. The Bertz CT molecular complexity index is 3170. The lowest BCUT2D eigenvalue weighted by Crippen LogP contribution is -2.48. The van der Waals surface area contributed by atoms with Gasteiger partial charge in [0.1, 0.15) is 0 Å². The Kier molecular flexibility index (Phi) is 10.5. The largest absolute Gasteiger partial charge is 0.636 e. The van der Waals surface area contributed by atoms with Crippen molar-refractivity contribution in [2.24, 2.45) is 0 Å². The van der Waals surface area contributed by atoms with Gasteiger partial charge in [-0.15, -0.1) is 0 Å². The van der Waals surface area contributed by atoms with Crippen molar-refractivity contribution in [3.8, 4) is 44.9 Å². The van der Waals surface area contributed by atoms with Crippen LogP contribution in [-0.2, 0) is 11.8 Å². The summed E-state index contributed by atoms with van der Waals surface area (Å²) >= 11 is 0. The topological polar surface area (TPSA) is 18.5 Å². The maximum absolute atomic E-state index is 16.2. The monoisotopic (exact) mass is 1010 g/mol. The molecular weight excluding hydrogens is 1010 g/mol. The molecule has 8 rings (SSSR count). The molecule has 0 saturated heterocycles. The summed E-state index contributed by atoms with van der Waals surface area (Å²) in [6, 6.07) is 0. The minimum absolute atomic E-state index is 2.64. The molecule has 0 heterocycles. The van der Waals surface area contributed by atoms with E-state index in [-0.39, 0.29) is 0 Å². The van der Waals surface area contributed by atoms with Crippen molar-refractivity contribution < 1.29 is 128 Å². The molecule has 68 heavy (non-hydrogen) atoms. The van der Waals surface area contributed by atoms with E-state index < -0.39 is 225 Å². The molecule has 0 spiro atoms. The summed E-state index contributed by atoms with van der Waals surface area (Å²) in [6.45, 7) is 0. The number of fused-ring (bicyclic) bond motifs is 6. The standard InChI is InChI=1S/C38BF27O2/c40-12-1-3-9(37(63,64)7(1)19(47)29(57)22(12)50)35(33(61)27(55)14(3)42)67-39(11-5(16(44)24(52)31(59)21(11)49)6-17(45)25(53)32(60)26(54)18(6)46)68-36-10-4(15(43)28(56)34(36)62)2-8(38(10,65)66)20(48)30(58)23(51)13(2)41. The van der Waals surface area contributed by atoms with Gasteiger partial charge in [-0.05, 0) is 0 Å². The molecule has 2 nitrogen and oxygen atoms in total. The summed E-state index contributed by atoms with van der Waals surface area (Å²) in [5.74, 6) is -95.5. The molecule has 0 unspecified atom stereocenters. The van der Waals surface area contributed by atoms with Crippen molar-refractivity contribution >= 4 is 12.6 Å². The molecule has 2 aliphatic rings. The van der Waals surface area contributed by atoms with E-state index in [0.29, 0.717) is 0 Å². The van der Waals surface area contributed by atoms with Crippen molar-refractivity contribution in [1.29, 1.82) is 0 Å². The highest BCUT2D eigenvalue weighted by atomic mass is 19.3. The average molecular weight is 1010 g/mol. The van der Waals surface area contributed by atoms with Gasteiger partial charge in [0, 0.05) is 27.8 Å². The zero-order valence-corrected chi connectivity index (χ0v) is 30.6. The summed E-state index contributed by atoms with van der Waals surface area (Å²) in [5, 5.41) is 0.